The van der Waals surface area contributed by atoms with Crippen LogP contribution in [0.1, 0.15) is 36.3 Å². The molecular weight excluding hydrogens is 296 g/mol. The fourth-order valence-corrected chi connectivity index (χ4v) is 2.77. The van der Waals surface area contributed by atoms with Crippen LogP contribution in [0.3, 0.4) is 0 Å². The Bertz CT molecular complexity index is 584. The lowest BCUT2D eigenvalue weighted by Gasteiger charge is -2.14. The Morgan fingerprint density at radius 2 is 2.05 bits per heavy atom. The highest BCUT2D eigenvalue weighted by molar-refractivity contribution is 8.00. The summed E-state index contributed by atoms with van der Waals surface area (Å²) in [7, 11) is 1.29. The number of aromatic amines is 1. The number of esters is 2. The van der Waals surface area contributed by atoms with Gasteiger partial charge in [0.2, 0.25) is 0 Å². The number of aromatic nitrogens is 2. The number of carbonyl (C=O) groups excluding carboxylic acids is 2. The van der Waals surface area contributed by atoms with Crippen LogP contribution in [0.4, 0.5) is 0 Å². The normalized spacial score (nSPS) is 11.8. The molecule has 1 N–H and O–H groups in total. The maximum absolute atomic E-state index is 12.0. The molecule has 0 radical (unpaired) electrons. The summed E-state index contributed by atoms with van der Waals surface area (Å²) in [6.45, 7) is 5.27. The molecule has 0 aliphatic carbocycles. The maximum atomic E-state index is 12.0. The average molecular weight is 314 g/mol. The van der Waals surface area contributed by atoms with Crippen LogP contribution in [0.15, 0.2) is 9.82 Å². The largest absolute Gasteiger partial charge is 0.468 e. The van der Waals surface area contributed by atoms with Crippen LogP contribution >= 0.6 is 11.8 Å². The Kier molecular flexibility index (Phi) is 6.41. The first-order chi connectivity index (χ1) is 9.94. The molecule has 1 rings (SSSR count). The van der Waals surface area contributed by atoms with Crippen LogP contribution in [-0.4, -0.2) is 40.9 Å². The number of aryl methyl sites for hydroxylation is 1. The molecule has 0 saturated carbocycles. The third kappa shape index (κ3) is 4.32. The van der Waals surface area contributed by atoms with E-state index in [9.17, 15) is 14.4 Å². The van der Waals surface area contributed by atoms with Gasteiger partial charge in [-0.05, 0) is 20.3 Å². The molecule has 0 aliphatic rings. The molecule has 21 heavy (non-hydrogen) atoms. The Hall–Kier alpha value is -1.83. The van der Waals surface area contributed by atoms with Crippen molar-refractivity contribution in [3.05, 3.63) is 21.7 Å². The first kappa shape index (κ1) is 17.2. The van der Waals surface area contributed by atoms with E-state index in [1.165, 1.54) is 7.11 Å². The highest BCUT2D eigenvalue weighted by Gasteiger charge is 2.25. The molecule has 0 fully saturated rings. The SMILES string of the molecule is CCOC(=O)c1c(SC(CC)C(=O)OC)nc(=O)[nH]c1C. The van der Waals surface area contributed by atoms with E-state index in [2.05, 4.69) is 9.97 Å². The standard InChI is InChI=1S/C13H18N2O5S/c1-5-8(11(16)19-4)21-10-9(12(17)20-6-2)7(3)14-13(18)15-10/h8H,5-6H2,1-4H3,(H,14,15,18). The van der Waals surface area contributed by atoms with Crippen molar-refractivity contribution in [3.63, 3.8) is 0 Å². The number of methoxy groups -OCH3 is 1. The number of nitrogens with one attached hydrogen (secondary N) is 1. The van der Waals surface area contributed by atoms with Crippen LogP contribution in [0.5, 0.6) is 0 Å². The monoisotopic (exact) mass is 314 g/mol. The van der Waals surface area contributed by atoms with Crippen molar-refractivity contribution in [2.75, 3.05) is 13.7 Å². The Balaban J connectivity index is 3.23. The van der Waals surface area contributed by atoms with Crippen LogP contribution in [-0.2, 0) is 14.3 Å². The van der Waals surface area contributed by atoms with E-state index in [0.29, 0.717) is 12.1 Å². The maximum Gasteiger partial charge on any atom is 0.346 e. The molecule has 8 heteroatoms. The highest BCUT2D eigenvalue weighted by Crippen LogP contribution is 2.28. The van der Waals surface area contributed by atoms with Crippen molar-refractivity contribution in [1.82, 2.24) is 9.97 Å². The van der Waals surface area contributed by atoms with Gasteiger partial charge in [0.05, 0.1) is 13.7 Å². The van der Waals surface area contributed by atoms with E-state index >= 15 is 0 Å². The summed E-state index contributed by atoms with van der Waals surface area (Å²) in [5, 5.41) is -0.371. The van der Waals surface area contributed by atoms with E-state index in [1.54, 1.807) is 20.8 Å². The van der Waals surface area contributed by atoms with E-state index in [0.717, 1.165) is 11.8 Å². The average Bonchev–Trinajstić information content (AvgIpc) is 2.43. The van der Waals surface area contributed by atoms with Crippen LogP contribution in [0.25, 0.3) is 0 Å². The van der Waals surface area contributed by atoms with Crippen molar-refractivity contribution in [2.24, 2.45) is 0 Å². The Labute approximate surface area is 126 Å². The number of carbonyl (C=O) groups is 2. The zero-order valence-electron chi connectivity index (χ0n) is 12.4. The summed E-state index contributed by atoms with van der Waals surface area (Å²) in [5.74, 6) is -1.02. The van der Waals surface area contributed by atoms with Crippen LogP contribution in [0, 0.1) is 6.92 Å². The number of rotatable bonds is 6. The summed E-state index contributed by atoms with van der Waals surface area (Å²) >= 11 is 1.02. The van der Waals surface area contributed by atoms with Crippen LogP contribution < -0.4 is 5.69 Å². The molecule has 0 aromatic carbocycles. The third-order valence-electron chi connectivity index (χ3n) is 2.65. The first-order valence-corrected chi connectivity index (χ1v) is 7.35. The molecule has 116 valence electrons. The highest BCUT2D eigenvalue weighted by atomic mass is 32.2. The molecule has 1 aromatic heterocycles. The molecule has 1 atom stereocenters. The molecule has 0 bridgehead atoms. The fraction of sp³-hybridized carbons (Fsp3) is 0.538. The van der Waals surface area contributed by atoms with Gasteiger partial charge in [0.15, 0.2) is 0 Å². The molecule has 0 spiro atoms. The Morgan fingerprint density at radius 1 is 1.38 bits per heavy atom. The lowest BCUT2D eigenvalue weighted by molar-refractivity contribution is -0.140. The lowest BCUT2D eigenvalue weighted by Crippen LogP contribution is -2.23. The Morgan fingerprint density at radius 3 is 2.57 bits per heavy atom. The quantitative estimate of drug-likeness (QED) is 0.480. The first-order valence-electron chi connectivity index (χ1n) is 6.47. The van der Waals surface area contributed by atoms with E-state index in [4.69, 9.17) is 9.47 Å². The van der Waals surface area contributed by atoms with Crippen LogP contribution in [0.2, 0.25) is 0 Å². The van der Waals surface area contributed by atoms with Crippen molar-refractivity contribution in [2.45, 2.75) is 37.5 Å². The smallest absolute Gasteiger partial charge is 0.346 e. The molecule has 0 amide bonds. The van der Waals surface area contributed by atoms with Gasteiger partial charge in [-0.15, -0.1) is 0 Å². The molecule has 0 saturated heterocycles. The van der Waals surface area contributed by atoms with Crippen molar-refractivity contribution in [3.8, 4) is 0 Å². The summed E-state index contributed by atoms with van der Waals surface area (Å²) in [6, 6.07) is 0. The second kappa shape index (κ2) is 7.82. The van der Waals surface area contributed by atoms with Gasteiger partial charge < -0.3 is 14.5 Å². The number of nitrogens with zero attached hydrogens (tertiary/aromatic N) is 1. The molecule has 1 aromatic rings. The number of thioether (sulfide) groups is 1. The zero-order chi connectivity index (χ0) is 16.0. The predicted octanol–water partition coefficient (Wildman–Crippen LogP) is 1.30. The fourth-order valence-electron chi connectivity index (χ4n) is 1.65. The predicted molar refractivity (Wildman–Crippen MR) is 77.5 cm³/mol. The minimum atomic E-state index is -0.582. The molecule has 1 heterocycles. The van der Waals surface area contributed by atoms with Gasteiger partial charge in [-0.3, -0.25) is 4.79 Å². The summed E-state index contributed by atoms with van der Waals surface area (Å²) < 4.78 is 9.65. The van der Waals surface area contributed by atoms with Gasteiger partial charge >= 0.3 is 17.6 Å². The summed E-state index contributed by atoms with van der Waals surface area (Å²) in [6.07, 6.45) is 0.479. The third-order valence-corrected chi connectivity index (χ3v) is 3.98. The number of H-pyrrole nitrogens is 1. The molecular formula is C13H18N2O5S. The number of hydrogen-bond donors (Lipinski definition) is 1. The van der Waals surface area contributed by atoms with Gasteiger partial charge in [0, 0.05) is 5.69 Å². The molecule has 1 unspecified atom stereocenters. The summed E-state index contributed by atoms with van der Waals surface area (Å²) in [4.78, 5) is 41.4. The minimum Gasteiger partial charge on any atom is -0.468 e. The minimum absolute atomic E-state index is 0.170. The second-order valence-electron chi connectivity index (χ2n) is 4.11. The van der Waals surface area contributed by atoms with Gasteiger partial charge in [-0.1, -0.05) is 18.7 Å². The van der Waals surface area contributed by atoms with Gasteiger partial charge in [0.25, 0.3) is 0 Å². The lowest BCUT2D eigenvalue weighted by atomic mass is 10.2. The van der Waals surface area contributed by atoms with Crippen molar-refractivity contribution >= 4 is 23.7 Å². The van der Waals surface area contributed by atoms with E-state index < -0.39 is 22.9 Å². The zero-order valence-corrected chi connectivity index (χ0v) is 13.2. The number of ether oxygens (including phenoxy) is 2. The van der Waals surface area contributed by atoms with E-state index in [1.807, 2.05) is 0 Å². The molecule has 0 aliphatic heterocycles. The number of hydrogen-bond acceptors (Lipinski definition) is 7. The van der Waals surface area contributed by atoms with Gasteiger partial charge in [-0.25, -0.2) is 9.59 Å². The topological polar surface area (TPSA) is 98.3 Å². The van der Waals surface area contributed by atoms with Gasteiger partial charge in [-0.2, -0.15) is 4.98 Å². The van der Waals surface area contributed by atoms with Crippen molar-refractivity contribution in [1.29, 1.82) is 0 Å². The van der Waals surface area contributed by atoms with E-state index in [-0.39, 0.29) is 17.2 Å². The van der Waals surface area contributed by atoms with Crippen molar-refractivity contribution < 1.29 is 19.1 Å². The van der Waals surface area contributed by atoms with Gasteiger partial charge in [0.1, 0.15) is 15.8 Å². The second-order valence-corrected chi connectivity index (χ2v) is 5.30. The molecule has 7 nitrogen and oxygen atoms in total. The summed E-state index contributed by atoms with van der Waals surface area (Å²) in [5.41, 5.74) is -0.0535.